The minimum absolute atomic E-state index is 0.0277. The summed E-state index contributed by atoms with van der Waals surface area (Å²) in [5, 5.41) is 9.71. The van der Waals surface area contributed by atoms with Gasteiger partial charge in [-0.15, -0.1) is 0 Å². The average molecular weight is 531 g/mol. The van der Waals surface area contributed by atoms with Gasteiger partial charge in [-0.3, -0.25) is 23.9 Å². The monoisotopic (exact) mass is 530 g/mol. The number of piperidine rings is 1. The van der Waals surface area contributed by atoms with Crippen LogP contribution < -0.4 is 10.5 Å². The number of nitriles is 1. The van der Waals surface area contributed by atoms with Gasteiger partial charge in [0.2, 0.25) is 0 Å². The predicted molar refractivity (Wildman–Crippen MR) is 142 cm³/mol. The molecule has 0 N–H and O–H groups in total. The fraction of sp³-hybridized carbons (Fsp3) is 0.560. The van der Waals surface area contributed by atoms with Crippen LogP contribution in [-0.2, 0) is 26.1 Å². The van der Waals surface area contributed by atoms with Crippen molar-refractivity contribution in [1.82, 2.24) is 9.47 Å². The zero-order valence-electron chi connectivity index (χ0n) is 20.7. The standard InChI is InChI=1S/C25H30N4O5S2/c1-4-33-24(32)16-7-5-9-28(13-16)21-18(15(2)19(12-26)22(30)27(21)3)11-20-23(31)29(25(35)36-20)14-17-8-6-10-34-17/h11,16-17H,4-10,13-14H2,1-3H3/b20-11+. The number of rotatable bonds is 6. The summed E-state index contributed by atoms with van der Waals surface area (Å²) in [5.74, 6) is -0.201. The average Bonchev–Trinajstić information content (AvgIpc) is 3.47. The number of pyridine rings is 1. The Balaban J connectivity index is 1.74. The van der Waals surface area contributed by atoms with E-state index in [1.807, 2.05) is 11.0 Å². The fourth-order valence-corrected chi connectivity index (χ4v) is 6.25. The van der Waals surface area contributed by atoms with E-state index in [1.165, 1.54) is 16.3 Å². The van der Waals surface area contributed by atoms with Crippen LogP contribution in [0.5, 0.6) is 0 Å². The molecule has 1 amide bonds. The van der Waals surface area contributed by atoms with Crippen LogP contribution in [0.15, 0.2) is 9.70 Å². The van der Waals surface area contributed by atoms with Gasteiger partial charge in [0.25, 0.3) is 11.5 Å². The van der Waals surface area contributed by atoms with Crippen LogP contribution in [0, 0.1) is 24.2 Å². The Morgan fingerprint density at radius 1 is 1.33 bits per heavy atom. The van der Waals surface area contributed by atoms with Gasteiger partial charge in [0, 0.05) is 32.3 Å². The Bertz CT molecular complexity index is 1210. The van der Waals surface area contributed by atoms with Gasteiger partial charge in [0.15, 0.2) is 0 Å². The van der Waals surface area contributed by atoms with E-state index in [1.54, 1.807) is 31.9 Å². The molecule has 0 saturated carbocycles. The second kappa shape index (κ2) is 11.2. The quantitative estimate of drug-likeness (QED) is 0.312. The van der Waals surface area contributed by atoms with Crippen LogP contribution in [-0.4, -0.2) is 64.6 Å². The van der Waals surface area contributed by atoms with Crippen LogP contribution >= 0.6 is 24.0 Å². The van der Waals surface area contributed by atoms with Crippen molar-refractivity contribution in [3.8, 4) is 6.07 Å². The van der Waals surface area contributed by atoms with Crippen molar-refractivity contribution in [1.29, 1.82) is 5.26 Å². The SMILES string of the molecule is CCOC(=O)C1CCCN(c2c(/C=C3/SC(=S)N(CC4CCCO4)C3=O)c(C)c(C#N)c(=O)n2C)C1. The molecule has 192 valence electrons. The Morgan fingerprint density at radius 3 is 2.78 bits per heavy atom. The number of esters is 1. The Morgan fingerprint density at radius 2 is 2.11 bits per heavy atom. The first-order chi connectivity index (χ1) is 17.3. The predicted octanol–water partition coefficient (Wildman–Crippen LogP) is 2.73. The summed E-state index contributed by atoms with van der Waals surface area (Å²) in [6.45, 7) is 5.93. The number of thiocarbonyl (C=S) groups is 1. The summed E-state index contributed by atoms with van der Waals surface area (Å²) in [6.07, 6.45) is 5.01. The summed E-state index contributed by atoms with van der Waals surface area (Å²) < 4.78 is 12.8. The van der Waals surface area contributed by atoms with E-state index in [-0.39, 0.29) is 29.5 Å². The highest BCUT2D eigenvalue weighted by Crippen LogP contribution is 2.37. The molecule has 2 atom stereocenters. The number of hydrogen-bond donors (Lipinski definition) is 0. The Kier molecular flexibility index (Phi) is 8.17. The fourth-order valence-electron chi connectivity index (χ4n) is 5.00. The highest BCUT2D eigenvalue weighted by molar-refractivity contribution is 8.26. The third-order valence-corrected chi connectivity index (χ3v) is 8.25. The molecule has 0 radical (unpaired) electrons. The maximum atomic E-state index is 13.3. The molecule has 9 nitrogen and oxygen atoms in total. The first-order valence-corrected chi connectivity index (χ1v) is 13.4. The minimum Gasteiger partial charge on any atom is -0.466 e. The molecule has 0 bridgehead atoms. The maximum Gasteiger partial charge on any atom is 0.310 e. The highest BCUT2D eigenvalue weighted by Gasteiger charge is 2.36. The van der Waals surface area contributed by atoms with Crippen LogP contribution in [0.25, 0.3) is 6.08 Å². The molecule has 0 spiro atoms. The van der Waals surface area contributed by atoms with Crippen LogP contribution in [0.2, 0.25) is 0 Å². The molecule has 0 aliphatic carbocycles. The molecule has 3 aliphatic heterocycles. The number of aromatic nitrogens is 1. The number of amides is 1. The lowest BCUT2D eigenvalue weighted by molar-refractivity contribution is -0.148. The van der Waals surface area contributed by atoms with E-state index >= 15 is 0 Å². The number of anilines is 1. The lowest BCUT2D eigenvalue weighted by Crippen LogP contribution is -2.42. The molecule has 4 rings (SSSR count). The van der Waals surface area contributed by atoms with Gasteiger partial charge < -0.3 is 14.4 Å². The van der Waals surface area contributed by atoms with Gasteiger partial charge in [-0.05, 0) is 51.2 Å². The number of carbonyl (C=O) groups excluding carboxylic acids is 2. The molecular weight excluding hydrogens is 500 g/mol. The van der Waals surface area contributed by atoms with E-state index in [0.717, 1.165) is 19.3 Å². The van der Waals surface area contributed by atoms with Gasteiger partial charge in [-0.25, -0.2) is 0 Å². The van der Waals surface area contributed by atoms with Gasteiger partial charge in [0.05, 0.1) is 30.1 Å². The van der Waals surface area contributed by atoms with Gasteiger partial charge in [-0.2, -0.15) is 5.26 Å². The summed E-state index contributed by atoms with van der Waals surface area (Å²) in [7, 11) is 1.62. The van der Waals surface area contributed by atoms with Crippen molar-refractivity contribution in [3.63, 3.8) is 0 Å². The zero-order valence-corrected chi connectivity index (χ0v) is 22.4. The molecule has 1 aromatic rings. The van der Waals surface area contributed by atoms with Crippen LogP contribution in [0.3, 0.4) is 0 Å². The third-order valence-electron chi connectivity index (χ3n) is 6.87. The Labute approximate surface area is 220 Å². The van der Waals surface area contributed by atoms with Crippen molar-refractivity contribution in [2.75, 3.05) is 37.7 Å². The normalized spacial score (nSPS) is 23.4. The van der Waals surface area contributed by atoms with Crippen LogP contribution in [0.4, 0.5) is 5.82 Å². The molecule has 1 aromatic heterocycles. The molecule has 3 fully saturated rings. The summed E-state index contributed by atoms with van der Waals surface area (Å²) in [4.78, 5) is 42.8. The minimum atomic E-state index is -0.411. The lowest BCUT2D eigenvalue weighted by Gasteiger charge is -2.35. The topological polar surface area (TPSA) is 105 Å². The molecule has 4 heterocycles. The first-order valence-electron chi connectivity index (χ1n) is 12.2. The molecule has 0 aromatic carbocycles. The smallest absolute Gasteiger partial charge is 0.310 e. The number of nitrogens with zero attached hydrogens (tertiary/aromatic N) is 4. The van der Waals surface area contributed by atoms with Crippen molar-refractivity contribution >= 4 is 52.1 Å². The van der Waals surface area contributed by atoms with Crippen molar-refractivity contribution in [2.45, 2.75) is 45.6 Å². The maximum absolute atomic E-state index is 13.3. The van der Waals surface area contributed by atoms with Crippen molar-refractivity contribution in [3.05, 3.63) is 31.9 Å². The molecule has 3 saturated heterocycles. The Hall–Kier alpha value is -2.68. The molecule has 3 aliphatic rings. The lowest BCUT2D eigenvalue weighted by atomic mass is 9.96. The number of carbonyl (C=O) groups is 2. The van der Waals surface area contributed by atoms with E-state index in [2.05, 4.69) is 0 Å². The molecule has 2 unspecified atom stereocenters. The van der Waals surface area contributed by atoms with E-state index in [9.17, 15) is 19.6 Å². The van der Waals surface area contributed by atoms with E-state index in [4.69, 9.17) is 21.7 Å². The van der Waals surface area contributed by atoms with Crippen molar-refractivity contribution < 1.29 is 19.1 Å². The largest absolute Gasteiger partial charge is 0.466 e. The summed E-state index contributed by atoms with van der Waals surface area (Å²) >= 11 is 6.71. The van der Waals surface area contributed by atoms with E-state index < -0.39 is 5.56 Å². The van der Waals surface area contributed by atoms with Crippen molar-refractivity contribution in [2.24, 2.45) is 13.0 Å². The molecule has 11 heteroatoms. The number of thioether (sulfide) groups is 1. The third kappa shape index (κ3) is 5.08. The summed E-state index contributed by atoms with van der Waals surface area (Å²) in [5.41, 5.74) is 0.724. The van der Waals surface area contributed by atoms with Gasteiger partial charge >= 0.3 is 5.97 Å². The molecule has 36 heavy (non-hydrogen) atoms. The second-order valence-electron chi connectivity index (χ2n) is 9.18. The van der Waals surface area contributed by atoms with Crippen LogP contribution in [0.1, 0.15) is 49.3 Å². The zero-order chi connectivity index (χ0) is 26.0. The summed E-state index contributed by atoms with van der Waals surface area (Å²) in [6, 6.07) is 2.02. The van der Waals surface area contributed by atoms with Gasteiger partial charge in [0.1, 0.15) is 21.8 Å². The van der Waals surface area contributed by atoms with E-state index in [0.29, 0.717) is 65.4 Å². The number of hydrogen-bond acceptors (Lipinski definition) is 9. The second-order valence-corrected chi connectivity index (χ2v) is 10.9. The highest BCUT2D eigenvalue weighted by atomic mass is 32.2. The first kappa shape index (κ1) is 26.4. The van der Waals surface area contributed by atoms with Gasteiger partial charge in [-0.1, -0.05) is 24.0 Å². The molecular formula is C25H30N4O5S2. The number of ether oxygens (including phenoxy) is 2.